The molecule has 2 heterocycles. The quantitative estimate of drug-likeness (QED) is 0.419. The molecule has 4 rings (SSSR count). The number of nitrogens with zero attached hydrogens (tertiary/aromatic N) is 4. The van der Waals surface area contributed by atoms with E-state index in [0.29, 0.717) is 11.5 Å². The minimum atomic E-state index is 0.489. The van der Waals surface area contributed by atoms with Crippen LogP contribution < -0.4 is 10.6 Å². The van der Waals surface area contributed by atoms with Gasteiger partial charge in [-0.15, -0.1) is 0 Å². The van der Waals surface area contributed by atoms with Crippen LogP contribution in [0.4, 0.5) is 23.1 Å². The van der Waals surface area contributed by atoms with Crippen LogP contribution in [0.15, 0.2) is 53.1 Å². The predicted molar refractivity (Wildman–Crippen MR) is 120 cm³/mol. The van der Waals surface area contributed by atoms with Gasteiger partial charge in [0, 0.05) is 29.1 Å². The highest BCUT2D eigenvalue weighted by atomic mass is 79.9. The fourth-order valence-corrected chi connectivity index (χ4v) is 4.01. The van der Waals surface area contributed by atoms with Gasteiger partial charge < -0.3 is 15.2 Å². The van der Waals surface area contributed by atoms with E-state index in [2.05, 4.69) is 63.6 Å². The van der Waals surface area contributed by atoms with Crippen molar-refractivity contribution in [2.75, 3.05) is 10.6 Å². The summed E-state index contributed by atoms with van der Waals surface area (Å²) in [5.41, 5.74) is 6.48. The van der Waals surface area contributed by atoms with Gasteiger partial charge >= 0.3 is 0 Å². The summed E-state index contributed by atoms with van der Waals surface area (Å²) in [6.07, 6.45) is 1.97. The van der Waals surface area contributed by atoms with Crippen LogP contribution in [-0.2, 0) is 7.05 Å². The average molecular weight is 447 g/mol. The number of fused-ring (bicyclic) bond motifs is 1. The first kappa shape index (κ1) is 19.0. The molecule has 0 amide bonds. The van der Waals surface area contributed by atoms with E-state index in [1.165, 1.54) is 0 Å². The summed E-state index contributed by atoms with van der Waals surface area (Å²) in [6.45, 7) is 4.14. The lowest BCUT2D eigenvalue weighted by Crippen LogP contribution is -2.05. The van der Waals surface area contributed by atoms with Crippen molar-refractivity contribution in [2.24, 2.45) is 7.05 Å². The highest BCUT2D eigenvalue weighted by molar-refractivity contribution is 9.10. The third-order valence-electron chi connectivity index (χ3n) is 4.73. The summed E-state index contributed by atoms with van der Waals surface area (Å²) in [7, 11) is 1.98. The zero-order valence-electron chi connectivity index (χ0n) is 16.3. The van der Waals surface area contributed by atoms with Crippen molar-refractivity contribution in [3.05, 3.63) is 69.8 Å². The maximum absolute atomic E-state index is 8.97. The van der Waals surface area contributed by atoms with Gasteiger partial charge in [0.2, 0.25) is 5.95 Å². The molecule has 2 aromatic carbocycles. The zero-order chi connectivity index (χ0) is 20.5. The fourth-order valence-electron chi connectivity index (χ4n) is 3.32. The molecule has 0 saturated carbocycles. The lowest BCUT2D eigenvalue weighted by Gasteiger charge is -2.15. The Morgan fingerprint density at radius 1 is 1.00 bits per heavy atom. The molecule has 0 atom stereocenters. The SMILES string of the molecule is Cc1cc(Br)cc(C)c1Nc1nc(Nc2ccc(C#N)cc2)nc2ccn(C)c12. The van der Waals surface area contributed by atoms with Crippen molar-refractivity contribution in [1.29, 1.82) is 5.26 Å². The van der Waals surface area contributed by atoms with Gasteiger partial charge in [-0.2, -0.15) is 10.2 Å². The number of nitrogens with one attached hydrogen (secondary N) is 2. The van der Waals surface area contributed by atoms with Gasteiger partial charge in [0.1, 0.15) is 5.52 Å². The third-order valence-corrected chi connectivity index (χ3v) is 5.19. The Bertz CT molecular complexity index is 1230. The van der Waals surface area contributed by atoms with Crippen molar-refractivity contribution in [1.82, 2.24) is 14.5 Å². The van der Waals surface area contributed by atoms with Gasteiger partial charge in [-0.3, -0.25) is 0 Å². The second kappa shape index (κ2) is 7.57. The van der Waals surface area contributed by atoms with Gasteiger partial charge in [-0.05, 0) is 67.4 Å². The molecule has 4 aromatic rings. The summed E-state index contributed by atoms with van der Waals surface area (Å²) in [5, 5.41) is 15.7. The van der Waals surface area contributed by atoms with E-state index in [-0.39, 0.29) is 0 Å². The molecule has 0 radical (unpaired) electrons. The van der Waals surface area contributed by atoms with Crippen molar-refractivity contribution < 1.29 is 0 Å². The first-order valence-electron chi connectivity index (χ1n) is 9.08. The summed E-state index contributed by atoms with van der Waals surface area (Å²) < 4.78 is 3.06. The Kier molecular flexibility index (Phi) is 4.95. The summed E-state index contributed by atoms with van der Waals surface area (Å²) >= 11 is 3.55. The minimum absolute atomic E-state index is 0.489. The number of halogens is 1. The molecule has 0 bridgehead atoms. The topological polar surface area (TPSA) is 78.6 Å². The number of anilines is 4. The lowest BCUT2D eigenvalue weighted by molar-refractivity contribution is 0.964. The predicted octanol–water partition coefficient (Wildman–Crippen LogP) is 5.71. The average Bonchev–Trinajstić information content (AvgIpc) is 3.06. The van der Waals surface area contributed by atoms with Gasteiger partial charge in [0.15, 0.2) is 5.82 Å². The van der Waals surface area contributed by atoms with Crippen LogP contribution in [-0.4, -0.2) is 14.5 Å². The number of aromatic nitrogens is 3. The Hall–Kier alpha value is -3.37. The first-order valence-corrected chi connectivity index (χ1v) is 9.88. The third kappa shape index (κ3) is 3.80. The fraction of sp³-hybridized carbons (Fsp3) is 0.136. The maximum atomic E-state index is 8.97. The second-order valence-corrected chi connectivity index (χ2v) is 7.83. The first-order chi connectivity index (χ1) is 13.9. The van der Waals surface area contributed by atoms with E-state index in [0.717, 1.165) is 43.8 Å². The van der Waals surface area contributed by atoms with E-state index < -0.39 is 0 Å². The van der Waals surface area contributed by atoms with Gasteiger partial charge in [-0.25, -0.2) is 4.98 Å². The van der Waals surface area contributed by atoms with Gasteiger partial charge in [0.25, 0.3) is 0 Å². The summed E-state index contributed by atoms with van der Waals surface area (Å²) in [4.78, 5) is 9.38. The summed E-state index contributed by atoms with van der Waals surface area (Å²) in [6, 6.07) is 15.4. The largest absolute Gasteiger partial charge is 0.346 e. The van der Waals surface area contributed by atoms with E-state index in [9.17, 15) is 0 Å². The molecular formula is C22H19BrN6. The molecule has 0 unspecified atom stereocenters. The zero-order valence-corrected chi connectivity index (χ0v) is 17.9. The normalized spacial score (nSPS) is 10.7. The Morgan fingerprint density at radius 3 is 2.34 bits per heavy atom. The highest BCUT2D eigenvalue weighted by Crippen LogP contribution is 2.31. The highest BCUT2D eigenvalue weighted by Gasteiger charge is 2.14. The maximum Gasteiger partial charge on any atom is 0.229 e. The Morgan fingerprint density at radius 2 is 1.69 bits per heavy atom. The standard InChI is InChI=1S/C22H19BrN6/c1-13-10-16(23)11-14(2)19(13)27-21-20-18(8-9-29(20)3)26-22(28-21)25-17-6-4-15(12-24)5-7-17/h4-11H,1-3H3,(H2,25,26,27,28). The molecule has 29 heavy (non-hydrogen) atoms. The molecule has 144 valence electrons. The molecule has 2 aromatic heterocycles. The number of rotatable bonds is 4. The number of hydrogen-bond donors (Lipinski definition) is 2. The molecule has 0 aliphatic carbocycles. The number of hydrogen-bond acceptors (Lipinski definition) is 5. The molecule has 0 spiro atoms. The molecule has 0 aliphatic heterocycles. The molecule has 0 aliphatic rings. The molecule has 2 N–H and O–H groups in total. The molecule has 7 heteroatoms. The van der Waals surface area contributed by atoms with E-state index >= 15 is 0 Å². The monoisotopic (exact) mass is 446 g/mol. The van der Waals surface area contributed by atoms with Gasteiger partial charge in [0.05, 0.1) is 17.1 Å². The Labute approximate surface area is 177 Å². The van der Waals surface area contributed by atoms with Crippen molar-refractivity contribution in [3.8, 4) is 6.07 Å². The van der Waals surface area contributed by atoms with Crippen LogP contribution in [0.25, 0.3) is 11.0 Å². The van der Waals surface area contributed by atoms with Crippen molar-refractivity contribution >= 4 is 50.1 Å². The number of benzene rings is 2. The van der Waals surface area contributed by atoms with Crippen LogP contribution in [0, 0.1) is 25.2 Å². The van der Waals surface area contributed by atoms with Crippen molar-refractivity contribution in [2.45, 2.75) is 13.8 Å². The summed E-state index contributed by atoms with van der Waals surface area (Å²) in [5.74, 6) is 1.22. The number of nitriles is 1. The minimum Gasteiger partial charge on any atom is -0.346 e. The van der Waals surface area contributed by atoms with E-state index in [4.69, 9.17) is 10.2 Å². The molecule has 6 nitrogen and oxygen atoms in total. The molecule has 0 saturated heterocycles. The molecule has 0 fully saturated rings. The van der Waals surface area contributed by atoms with Crippen molar-refractivity contribution in [3.63, 3.8) is 0 Å². The van der Waals surface area contributed by atoms with Crippen LogP contribution in [0.2, 0.25) is 0 Å². The lowest BCUT2D eigenvalue weighted by atomic mass is 10.1. The van der Waals surface area contributed by atoms with E-state index in [1.807, 2.05) is 36.0 Å². The second-order valence-electron chi connectivity index (χ2n) is 6.91. The van der Waals surface area contributed by atoms with Crippen LogP contribution >= 0.6 is 15.9 Å². The van der Waals surface area contributed by atoms with Crippen LogP contribution in [0.3, 0.4) is 0 Å². The number of aryl methyl sites for hydroxylation is 3. The smallest absolute Gasteiger partial charge is 0.229 e. The Balaban J connectivity index is 1.76. The van der Waals surface area contributed by atoms with Gasteiger partial charge in [-0.1, -0.05) is 15.9 Å². The van der Waals surface area contributed by atoms with Crippen LogP contribution in [0.5, 0.6) is 0 Å². The van der Waals surface area contributed by atoms with E-state index in [1.54, 1.807) is 12.1 Å². The molecular weight excluding hydrogens is 428 g/mol. The van der Waals surface area contributed by atoms with Crippen LogP contribution in [0.1, 0.15) is 16.7 Å².